The Morgan fingerprint density at radius 2 is 1.89 bits per heavy atom. The van der Waals surface area contributed by atoms with Gasteiger partial charge in [0, 0.05) is 24.5 Å². The first-order valence-corrected chi connectivity index (χ1v) is 7.29. The second kappa shape index (κ2) is 7.15. The number of nitro benzene ring substituents is 1. The molecule has 1 aromatic carbocycles. The van der Waals surface area contributed by atoms with Gasteiger partial charge < -0.3 is 11.5 Å². The average molecular weight is 362 g/mol. The molecule has 0 radical (unpaired) electrons. The van der Waals surface area contributed by atoms with Gasteiger partial charge in [-0.1, -0.05) is 0 Å². The summed E-state index contributed by atoms with van der Waals surface area (Å²) in [6, 6.07) is 5.41. The van der Waals surface area contributed by atoms with Gasteiger partial charge in [0.25, 0.3) is 5.69 Å². The average Bonchev–Trinajstić information content (AvgIpc) is 2.67. The molecule has 2 heterocycles. The van der Waals surface area contributed by atoms with Crippen LogP contribution in [0.1, 0.15) is 5.56 Å². The van der Waals surface area contributed by atoms with Crippen LogP contribution < -0.4 is 11.5 Å². The zero-order valence-corrected chi connectivity index (χ0v) is 13.5. The monoisotopic (exact) mass is 362 g/mol. The molecule has 0 spiro atoms. The third-order valence-electron chi connectivity index (χ3n) is 3.30. The van der Waals surface area contributed by atoms with Crippen molar-refractivity contribution in [1.82, 2.24) is 19.9 Å². The lowest BCUT2D eigenvalue weighted by Crippen LogP contribution is -2.02. The molecular weight excluding hydrogens is 352 g/mol. The Balaban J connectivity index is 1.97. The predicted octanol–water partition coefficient (Wildman–Crippen LogP) is 2.29. The van der Waals surface area contributed by atoms with E-state index in [2.05, 4.69) is 30.2 Å². The molecule has 0 aliphatic heterocycles. The number of nitrogen functional groups attached to an aromatic ring is 2. The number of rotatable bonds is 4. The Hall–Kier alpha value is -4.53. The number of azo groups is 1. The van der Waals surface area contributed by atoms with Crippen molar-refractivity contribution in [2.45, 2.75) is 0 Å². The van der Waals surface area contributed by atoms with Gasteiger partial charge in [-0.15, -0.1) is 10.2 Å². The fourth-order valence-corrected chi connectivity index (χ4v) is 2.04. The minimum absolute atomic E-state index is 0.00452. The molecule has 0 aliphatic rings. The van der Waals surface area contributed by atoms with Crippen LogP contribution in [0.15, 0.2) is 47.0 Å². The lowest BCUT2D eigenvalue weighted by Gasteiger charge is -2.05. The van der Waals surface area contributed by atoms with Crippen LogP contribution in [0.3, 0.4) is 0 Å². The number of anilines is 2. The third kappa shape index (κ3) is 3.61. The summed E-state index contributed by atoms with van der Waals surface area (Å²) in [6.45, 7) is 0. The highest BCUT2D eigenvalue weighted by atomic mass is 16.6. The zero-order chi connectivity index (χ0) is 19.4. The normalized spacial score (nSPS) is 10.6. The van der Waals surface area contributed by atoms with Gasteiger partial charge in [0.05, 0.1) is 16.7 Å². The number of hydrogen-bond donors (Lipinski definition) is 2. The number of benzene rings is 1. The number of nitrogens with two attached hydrogens (primary N) is 2. The van der Waals surface area contributed by atoms with Crippen molar-refractivity contribution in [2.75, 3.05) is 11.5 Å². The topological polar surface area (TPSA) is 195 Å². The van der Waals surface area contributed by atoms with E-state index in [0.29, 0.717) is 5.69 Å². The lowest BCUT2D eigenvalue weighted by molar-refractivity contribution is -0.384. The summed E-state index contributed by atoms with van der Waals surface area (Å²) in [6.07, 6.45) is 4.41. The summed E-state index contributed by atoms with van der Waals surface area (Å²) in [7, 11) is 0. The Morgan fingerprint density at radius 1 is 1.15 bits per heavy atom. The molecule has 0 unspecified atom stereocenters. The molecule has 2 aromatic heterocycles. The summed E-state index contributed by atoms with van der Waals surface area (Å²) < 4.78 is 0. The first-order chi connectivity index (χ1) is 13.0. The van der Waals surface area contributed by atoms with E-state index in [4.69, 9.17) is 16.7 Å². The molecule has 0 amide bonds. The molecule has 0 saturated heterocycles. The third-order valence-corrected chi connectivity index (χ3v) is 3.30. The minimum Gasteiger partial charge on any atom is -0.382 e. The molecule has 0 fully saturated rings. The van der Waals surface area contributed by atoms with Gasteiger partial charge in [0.1, 0.15) is 17.5 Å². The first-order valence-electron chi connectivity index (χ1n) is 7.29. The molecule has 132 valence electrons. The molecule has 12 heteroatoms. The van der Waals surface area contributed by atoms with E-state index in [-0.39, 0.29) is 40.1 Å². The Kier molecular flexibility index (Phi) is 4.58. The molecule has 0 atom stereocenters. The van der Waals surface area contributed by atoms with Crippen LogP contribution in [-0.2, 0) is 0 Å². The quantitative estimate of drug-likeness (QED) is 0.397. The number of nitro groups is 1. The summed E-state index contributed by atoms with van der Waals surface area (Å²) in [4.78, 5) is 26.3. The van der Waals surface area contributed by atoms with Crippen LogP contribution in [0.25, 0.3) is 11.5 Å². The Morgan fingerprint density at radius 3 is 2.48 bits per heavy atom. The van der Waals surface area contributed by atoms with Crippen molar-refractivity contribution in [2.24, 2.45) is 10.2 Å². The van der Waals surface area contributed by atoms with E-state index in [1.54, 1.807) is 0 Å². The summed E-state index contributed by atoms with van der Waals surface area (Å²) >= 11 is 0. The van der Waals surface area contributed by atoms with Crippen molar-refractivity contribution < 1.29 is 4.92 Å². The second-order valence-electron chi connectivity index (χ2n) is 5.03. The zero-order valence-electron chi connectivity index (χ0n) is 13.5. The lowest BCUT2D eigenvalue weighted by atomic mass is 10.2. The van der Waals surface area contributed by atoms with E-state index in [9.17, 15) is 10.1 Å². The summed E-state index contributed by atoms with van der Waals surface area (Å²) in [5, 5.41) is 27.7. The van der Waals surface area contributed by atoms with Crippen molar-refractivity contribution in [1.29, 1.82) is 5.26 Å². The molecule has 0 aliphatic carbocycles. The molecule has 3 aromatic rings. The Bertz CT molecular complexity index is 1070. The van der Waals surface area contributed by atoms with Gasteiger partial charge in [-0.3, -0.25) is 15.1 Å². The first kappa shape index (κ1) is 17.3. The number of aromatic nitrogens is 4. The highest BCUT2D eigenvalue weighted by Gasteiger charge is 2.14. The number of nitrogens with zero attached hydrogens (tertiary/aromatic N) is 8. The maximum Gasteiger partial charge on any atom is 0.270 e. The molecule has 4 N–H and O–H groups in total. The van der Waals surface area contributed by atoms with E-state index >= 15 is 0 Å². The number of hydrogen-bond acceptors (Lipinski definition) is 11. The second-order valence-corrected chi connectivity index (χ2v) is 5.03. The van der Waals surface area contributed by atoms with Crippen molar-refractivity contribution in [3.05, 3.63) is 52.5 Å². The largest absolute Gasteiger partial charge is 0.382 e. The molecular formula is C15H10N10O2. The van der Waals surface area contributed by atoms with Gasteiger partial charge in [0.15, 0.2) is 23.1 Å². The predicted molar refractivity (Wildman–Crippen MR) is 93.9 cm³/mol. The van der Waals surface area contributed by atoms with Crippen LogP contribution in [0.4, 0.5) is 28.7 Å². The van der Waals surface area contributed by atoms with Crippen LogP contribution in [0.2, 0.25) is 0 Å². The maximum absolute atomic E-state index is 10.8. The van der Waals surface area contributed by atoms with E-state index in [1.807, 2.05) is 6.07 Å². The molecule has 12 nitrogen and oxygen atoms in total. The maximum atomic E-state index is 10.8. The molecule has 27 heavy (non-hydrogen) atoms. The van der Waals surface area contributed by atoms with E-state index in [0.717, 1.165) is 6.07 Å². The van der Waals surface area contributed by atoms with Crippen LogP contribution in [0.5, 0.6) is 0 Å². The standard InChI is InChI=1S/C15H10N10O2/c16-6-8-5-9(25(26)27)1-2-10(8)23-24-12-13(17)21-15(22-14(12)18)11-7-19-3-4-20-11/h1-5,7H,(H4,17,18,21,22)/b24-23+. The van der Waals surface area contributed by atoms with E-state index in [1.165, 1.54) is 30.7 Å². The van der Waals surface area contributed by atoms with Gasteiger partial charge in [0.2, 0.25) is 0 Å². The van der Waals surface area contributed by atoms with Gasteiger partial charge >= 0.3 is 0 Å². The molecule has 0 bridgehead atoms. The van der Waals surface area contributed by atoms with Crippen LogP contribution >= 0.6 is 0 Å². The van der Waals surface area contributed by atoms with Gasteiger partial charge in [-0.05, 0) is 6.07 Å². The summed E-state index contributed by atoms with van der Waals surface area (Å²) in [5.74, 6) is 0.0738. The van der Waals surface area contributed by atoms with Crippen LogP contribution in [0, 0.1) is 21.4 Å². The van der Waals surface area contributed by atoms with Crippen molar-refractivity contribution >= 4 is 28.7 Å². The highest BCUT2D eigenvalue weighted by Crippen LogP contribution is 2.31. The Labute approximate surface area is 151 Å². The van der Waals surface area contributed by atoms with Crippen LogP contribution in [-0.4, -0.2) is 24.9 Å². The van der Waals surface area contributed by atoms with Gasteiger partial charge in [-0.2, -0.15) is 5.26 Å². The SMILES string of the molecule is N#Cc1cc([N+](=O)[O-])ccc1/N=N/c1c(N)nc(-c2cnccn2)nc1N. The number of nitriles is 1. The smallest absolute Gasteiger partial charge is 0.270 e. The fraction of sp³-hybridized carbons (Fsp3) is 0. The minimum atomic E-state index is -0.614. The highest BCUT2D eigenvalue weighted by molar-refractivity contribution is 5.73. The van der Waals surface area contributed by atoms with Crippen molar-refractivity contribution in [3.8, 4) is 17.6 Å². The van der Waals surface area contributed by atoms with E-state index < -0.39 is 4.92 Å². The summed E-state index contributed by atoms with van der Waals surface area (Å²) in [5.41, 5.74) is 12.0. The molecule has 3 rings (SSSR count). The molecule has 0 saturated carbocycles. The fourth-order valence-electron chi connectivity index (χ4n) is 2.04. The van der Waals surface area contributed by atoms with Gasteiger partial charge in [-0.25, -0.2) is 15.0 Å². The van der Waals surface area contributed by atoms with Crippen molar-refractivity contribution in [3.63, 3.8) is 0 Å². The number of non-ortho nitro benzene ring substituents is 1.